The van der Waals surface area contributed by atoms with Crippen molar-refractivity contribution in [1.29, 1.82) is 0 Å². The number of aromatic amines is 2. The van der Waals surface area contributed by atoms with Gasteiger partial charge in [0.2, 0.25) is 0 Å². The molecule has 3 aromatic heterocycles. The minimum atomic E-state index is -0.696. The van der Waals surface area contributed by atoms with Crippen LogP contribution in [0.2, 0.25) is 0 Å². The fraction of sp³-hybridized carbons (Fsp3) is 0.320. The first-order chi connectivity index (χ1) is 17.9. The molecule has 3 heterocycles. The maximum absolute atomic E-state index is 15.3. The molecule has 37 heavy (non-hydrogen) atoms. The van der Waals surface area contributed by atoms with E-state index < -0.39 is 17.5 Å². The Morgan fingerprint density at radius 3 is 2.81 bits per heavy atom. The van der Waals surface area contributed by atoms with Crippen molar-refractivity contribution in [3.8, 4) is 0 Å². The van der Waals surface area contributed by atoms with E-state index in [0.29, 0.717) is 28.8 Å². The van der Waals surface area contributed by atoms with Crippen molar-refractivity contribution in [2.24, 2.45) is 9.98 Å². The number of aliphatic imine (C=N–C) groups is 2. The van der Waals surface area contributed by atoms with Crippen LogP contribution in [0.3, 0.4) is 0 Å². The summed E-state index contributed by atoms with van der Waals surface area (Å²) in [6.07, 6.45) is 7.91. The molecule has 4 N–H and O–H groups in total. The van der Waals surface area contributed by atoms with Gasteiger partial charge in [0.1, 0.15) is 23.5 Å². The molecule has 1 saturated carbocycles. The number of imidazole rings is 1. The number of nitrogens with one attached hydrogen (secondary N) is 4. The smallest absolute Gasteiger partial charge is 0.186 e. The highest BCUT2D eigenvalue weighted by Crippen LogP contribution is 2.26. The third kappa shape index (κ3) is 5.18. The van der Waals surface area contributed by atoms with Crippen LogP contribution >= 0.6 is 0 Å². The highest BCUT2D eigenvalue weighted by Gasteiger charge is 2.25. The predicted molar refractivity (Wildman–Crippen MR) is 137 cm³/mol. The van der Waals surface area contributed by atoms with Gasteiger partial charge in [0.15, 0.2) is 23.1 Å². The first kappa shape index (κ1) is 24.5. The lowest BCUT2D eigenvalue weighted by atomic mass is 9.91. The number of anilines is 1. The van der Waals surface area contributed by atoms with Crippen molar-refractivity contribution < 1.29 is 13.2 Å². The molecule has 0 radical (unpaired) electrons. The molecular weight excluding hydrogens is 483 g/mol. The van der Waals surface area contributed by atoms with Gasteiger partial charge >= 0.3 is 0 Å². The van der Waals surface area contributed by atoms with Gasteiger partial charge < -0.3 is 20.6 Å². The average molecular weight is 510 g/mol. The molecule has 12 heteroatoms. The number of rotatable bonds is 7. The summed E-state index contributed by atoms with van der Waals surface area (Å²) in [5, 5.41) is 7.04. The van der Waals surface area contributed by atoms with E-state index in [-0.39, 0.29) is 35.7 Å². The molecular formula is C25H26F3N9. The second kappa shape index (κ2) is 10.4. The van der Waals surface area contributed by atoms with Gasteiger partial charge in [0.05, 0.1) is 24.1 Å². The lowest BCUT2D eigenvalue weighted by molar-refractivity contribution is 0.383. The summed E-state index contributed by atoms with van der Waals surface area (Å²) in [4.78, 5) is 26.6. The van der Waals surface area contributed by atoms with Gasteiger partial charge in [-0.2, -0.15) is 0 Å². The van der Waals surface area contributed by atoms with Crippen LogP contribution < -0.4 is 10.6 Å². The second-order valence-electron chi connectivity index (χ2n) is 9.02. The zero-order chi connectivity index (χ0) is 25.9. The van der Waals surface area contributed by atoms with Crippen LogP contribution in [0, 0.1) is 11.6 Å². The number of aromatic nitrogens is 5. The summed E-state index contributed by atoms with van der Waals surface area (Å²) in [7, 11) is 0. The molecule has 1 fully saturated rings. The number of amidine groups is 1. The monoisotopic (exact) mass is 509 g/mol. The number of benzene rings is 1. The Morgan fingerprint density at radius 2 is 1.97 bits per heavy atom. The third-order valence-corrected chi connectivity index (χ3v) is 6.54. The van der Waals surface area contributed by atoms with E-state index >= 15 is 4.39 Å². The molecule has 0 saturated heterocycles. The molecule has 0 amide bonds. The van der Waals surface area contributed by atoms with Crippen LogP contribution in [0.25, 0.3) is 22.1 Å². The molecule has 192 valence electrons. The molecule has 5 rings (SSSR count). The molecule has 9 nitrogen and oxygen atoms in total. The minimum absolute atomic E-state index is 0.0101. The highest BCUT2D eigenvalue weighted by molar-refractivity contribution is 5.97. The fourth-order valence-electron chi connectivity index (χ4n) is 4.64. The Kier molecular flexibility index (Phi) is 6.89. The van der Waals surface area contributed by atoms with E-state index in [4.69, 9.17) is 0 Å². The Bertz CT molecular complexity index is 1500. The predicted octanol–water partition coefficient (Wildman–Crippen LogP) is 4.93. The van der Waals surface area contributed by atoms with Gasteiger partial charge in [-0.05, 0) is 51.0 Å². The molecule has 1 aliphatic rings. The highest BCUT2D eigenvalue weighted by atomic mass is 19.1. The number of H-pyrrole nitrogens is 2. The normalized spacial score (nSPS) is 19.2. The van der Waals surface area contributed by atoms with Gasteiger partial charge in [0, 0.05) is 29.7 Å². The van der Waals surface area contributed by atoms with Gasteiger partial charge in [-0.25, -0.2) is 28.1 Å². The van der Waals surface area contributed by atoms with Crippen LogP contribution in [0.15, 0.2) is 52.5 Å². The summed E-state index contributed by atoms with van der Waals surface area (Å²) in [5.41, 5.74) is 2.12. The van der Waals surface area contributed by atoms with Crippen LogP contribution in [-0.2, 0) is 6.54 Å². The topological polar surface area (TPSA) is 119 Å². The van der Waals surface area contributed by atoms with Crippen molar-refractivity contribution in [3.05, 3.63) is 59.7 Å². The standard InChI is InChI=1S/C25H26F3N9/c1-13(29-2)20(28)23(31-10-14-9-30-21-18(14)6-15(26)7-19(21)27)36-16-4-3-5-17(8-16)37-25-22-24(33-11-32-22)34-12-35-25/h6-7,9,11-12,16-17,30H,2-5,8,10H2,1H3,(H,31,36)(H2,32,33,34,35,37)/b20-13+/t16-,17+/m0/s1. The van der Waals surface area contributed by atoms with E-state index in [1.54, 1.807) is 12.5 Å². The number of halogens is 3. The minimum Gasteiger partial charge on any atom is -0.365 e. The van der Waals surface area contributed by atoms with Crippen molar-refractivity contribution in [2.45, 2.75) is 51.2 Å². The average Bonchev–Trinajstić information content (AvgIpc) is 3.54. The van der Waals surface area contributed by atoms with E-state index in [9.17, 15) is 8.78 Å². The molecule has 1 aromatic carbocycles. The lowest BCUT2D eigenvalue weighted by Gasteiger charge is -2.31. The second-order valence-corrected chi connectivity index (χ2v) is 9.02. The first-order valence-corrected chi connectivity index (χ1v) is 11.9. The maximum Gasteiger partial charge on any atom is 0.186 e. The fourth-order valence-corrected chi connectivity index (χ4v) is 4.64. The zero-order valence-corrected chi connectivity index (χ0v) is 20.2. The van der Waals surface area contributed by atoms with E-state index in [2.05, 4.69) is 52.3 Å². The summed E-state index contributed by atoms with van der Waals surface area (Å²) < 4.78 is 43.1. The van der Waals surface area contributed by atoms with Gasteiger partial charge in [-0.15, -0.1) is 0 Å². The number of fused-ring (bicyclic) bond motifs is 2. The van der Waals surface area contributed by atoms with Crippen LogP contribution in [0.1, 0.15) is 38.2 Å². The van der Waals surface area contributed by atoms with Crippen molar-refractivity contribution in [3.63, 3.8) is 0 Å². The van der Waals surface area contributed by atoms with Crippen molar-refractivity contribution in [1.82, 2.24) is 30.2 Å². The quantitative estimate of drug-likeness (QED) is 0.208. The Labute approximate surface area is 210 Å². The molecule has 0 unspecified atom stereocenters. The van der Waals surface area contributed by atoms with E-state index in [1.807, 2.05) is 0 Å². The van der Waals surface area contributed by atoms with Gasteiger partial charge in [-0.3, -0.25) is 9.98 Å². The SMILES string of the molecule is C=N/C(C)=C(/F)C(=NCc1c[nH]c2c(F)cc(F)cc12)N[C@H]1CCC[C@@H](Nc2ncnc3nc[nH]c23)C1. The molecule has 2 atom stereocenters. The van der Waals surface area contributed by atoms with Gasteiger partial charge in [0.25, 0.3) is 0 Å². The van der Waals surface area contributed by atoms with Crippen LogP contribution in [-0.4, -0.2) is 49.6 Å². The maximum atomic E-state index is 15.3. The van der Waals surface area contributed by atoms with Gasteiger partial charge in [-0.1, -0.05) is 0 Å². The first-order valence-electron chi connectivity index (χ1n) is 11.9. The molecule has 1 aliphatic carbocycles. The molecule has 0 spiro atoms. The summed E-state index contributed by atoms with van der Waals surface area (Å²) in [6.45, 7) is 4.93. The largest absolute Gasteiger partial charge is 0.365 e. The summed E-state index contributed by atoms with van der Waals surface area (Å²) in [6, 6.07) is 2.05. The number of hydrogen-bond acceptors (Lipinski definition) is 6. The molecule has 0 aliphatic heterocycles. The third-order valence-electron chi connectivity index (χ3n) is 6.54. The molecule has 4 aromatic rings. The van der Waals surface area contributed by atoms with Crippen LogP contribution in [0.4, 0.5) is 19.0 Å². The number of allylic oxidation sites excluding steroid dienone is 1. The number of nitrogens with zero attached hydrogens (tertiary/aromatic N) is 5. The summed E-state index contributed by atoms with van der Waals surface area (Å²) in [5.74, 6) is -1.32. The Balaban J connectivity index is 1.35. The van der Waals surface area contributed by atoms with Crippen molar-refractivity contribution in [2.75, 3.05) is 5.32 Å². The summed E-state index contributed by atoms with van der Waals surface area (Å²) >= 11 is 0. The Morgan fingerprint density at radius 1 is 1.14 bits per heavy atom. The van der Waals surface area contributed by atoms with E-state index in [1.165, 1.54) is 19.3 Å². The zero-order valence-electron chi connectivity index (χ0n) is 20.2. The number of hydrogen-bond donors (Lipinski definition) is 4. The van der Waals surface area contributed by atoms with Crippen molar-refractivity contribution >= 4 is 40.4 Å². The van der Waals surface area contributed by atoms with E-state index in [0.717, 1.165) is 30.8 Å². The molecule has 0 bridgehead atoms. The lowest BCUT2D eigenvalue weighted by Crippen LogP contribution is -2.42. The van der Waals surface area contributed by atoms with Crippen LogP contribution in [0.5, 0.6) is 0 Å². The Hall–Kier alpha value is -4.22.